The topological polar surface area (TPSA) is 95.7 Å². The van der Waals surface area contributed by atoms with Gasteiger partial charge in [-0.3, -0.25) is 14.9 Å². The number of ether oxygens (including phenoxy) is 2. The van der Waals surface area contributed by atoms with Gasteiger partial charge in [0, 0.05) is 12.1 Å². The molecule has 0 amide bonds. The van der Waals surface area contributed by atoms with E-state index in [0.29, 0.717) is 6.07 Å². The van der Waals surface area contributed by atoms with Crippen molar-refractivity contribution in [1.82, 2.24) is 0 Å². The van der Waals surface area contributed by atoms with Gasteiger partial charge in [0.25, 0.3) is 5.69 Å². The molecule has 7 nitrogen and oxygen atoms in total. The van der Waals surface area contributed by atoms with Crippen molar-refractivity contribution in [2.24, 2.45) is 0 Å². The minimum absolute atomic E-state index is 0.134. The molecule has 0 bridgehead atoms. The molecule has 0 aliphatic rings. The summed E-state index contributed by atoms with van der Waals surface area (Å²) in [5.74, 6) is -1.51. The van der Waals surface area contributed by atoms with E-state index in [-0.39, 0.29) is 22.8 Å². The monoisotopic (exact) mass is 429 g/mol. The summed E-state index contributed by atoms with van der Waals surface area (Å²) in [6, 6.07) is 5.35. The zero-order valence-corrected chi connectivity index (χ0v) is 15.1. The third-order valence-electron chi connectivity index (χ3n) is 3.48. The molecule has 0 heterocycles. The number of nitro benzene ring substituents is 1. The standard InChI is InChI=1S/C18H11ClF3NO6/c1-2-11(9-24)29-17(25)13-8-12(4-5-15(13)23(26)27)28-16-6-3-10(7-14(16)19)18(20,21)22/h2-9,11H,1H2. The van der Waals surface area contributed by atoms with E-state index in [1.807, 2.05) is 0 Å². The van der Waals surface area contributed by atoms with Crippen molar-refractivity contribution in [3.8, 4) is 11.5 Å². The van der Waals surface area contributed by atoms with E-state index < -0.39 is 40.0 Å². The van der Waals surface area contributed by atoms with Gasteiger partial charge in [0.15, 0.2) is 12.4 Å². The van der Waals surface area contributed by atoms with Gasteiger partial charge in [0.2, 0.25) is 0 Å². The molecule has 2 aromatic carbocycles. The van der Waals surface area contributed by atoms with E-state index in [2.05, 4.69) is 6.58 Å². The summed E-state index contributed by atoms with van der Waals surface area (Å²) in [5, 5.41) is 10.8. The lowest BCUT2D eigenvalue weighted by Crippen LogP contribution is -2.18. The van der Waals surface area contributed by atoms with Crippen LogP contribution in [0.5, 0.6) is 11.5 Å². The highest BCUT2D eigenvalue weighted by Crippen LogP contribution is 2.37. The van der Waals surface area contributed by atoms with Crippen LogP contribution in [0.3, 0.4) is 0 Å². The number of esters is 1. The molecule has 0 aliphatic carbocycles. The summed E-state index contributed by atoms with van der Waals surface area (Å²) in [6.45, 7) is 3.28. The van der Waals surface area contributed by atoms with E-state index in [1.165, 1.54) is 0 Å². The molecule has 0 N–H and O–H groups in total. The second kappa shape index (κ2) is 8.74. The Morgan fingerprint density at radius 3 is 2.45 bits per heavy atom. The van der Waals surface area contributed by atoms with E-state index >= 15 is 0 Å². The number of benzene rings is 2. The van der Waals surface area contributed by atoms with Gasteiger partial charge in [-0.2, -0.15) is 13.2 Å². The van der Waals surface area contributed by atoms with Gasteiger partial charge >= 0.3 is 12.1 Å². The quantitative estimate of drug-likeness (QED) is 0.203. The van der Waals surface area contributed by atoms with Gasteiger partial charge < -0.3 is 9.47 Å². The Bertz CT molecular complexity index is 969. The maximum atomic E-state index is 12.7. The van der Waals surface area contributed by atoms with E-state index in [9.17, 15) is 32.9 Å². The van der Waals surface area contributed by atoms with Crippen LogP contribution in [0, 0.1) is 10.1 Å². The van der Waals surface area contributed by atoms with Crippen molar-refractivity contribution < 1.29 is 37.2 Å². The number of aldehydes is 1. The minimum Gasteiger partial charge on any atom is -0.456 e. The summed E-state index contributed by atoms with van der Waals surface area (Å²) < 4.78 is 48.2. The van der Waals surface area contributed by atoms with Crippen LogP contribution in [-0.2, 0) is 15.7 Å². The second-order valence-corrected chi connectivity index (χ2v) is 5.83. The molecule has 0 saturated carbocycles. The molecule has 29 heavy (non-hydrogen) atoms. The number of nitrogens with zero attached hydrogens (tertiary/aromatic N) is 1. The Hall–Kier alpha value is -3.40. The molecule has 1 unspecified atom stereocenters. The molecular formula is C18H11ClF3NO6. The van der Waals surface area contributed by atoms with Gasteiger partial charge in [-0.05, 0) is 30.3 Å². The number of carbonyl (C=O) groups excluding carboxylic acids is 2. The first-order valence-corrected chi connectivity index (χ1v) is 8.06. The average molecular weight is 430 g/mol. The Morgan fingerprint density at radius 1 is 1.24 bits per heavy atom. The number of rotatable bonds is 7. The molecule has 0 aliphatic heterocycles. The molecule has 0 saturated heterocycles. The first-order chi connectivity index (χ1) is 13.6. The summed E-state index contributed by atoms with van der Waals surface area (Å²) >= 11 is 5.80. The number of halogens is 4. The van der Waals surface area contributed by atoms with E-state index in [0.717, 1.165) is 36.4 Å². The fraction of sp³-hybridized carbons (Fsp3) is 0.111. The van der Waals surface area contributed by atoms with Crippen molar-refractivity contribution in [3.05, 3.63) is 75.3 Å². The largest absolute Gasteiger partial charge is 0.456 e. The fourth-order valence-corrected chi connectivity index (χ4v) is 2.33. The van der Waals surface area contributed by atoms with E-state index in [4.69, 9.17) is 21.1 Å². The van der Waals surface area contributed by atoms with Crippen molar-refractivity contribution in [2.45, 2.75) is 12.3 Å². The Balaban J connectivity index is 2.38. The average Bonchev–Trinajstić information content (AvgIpc) is 2.66. The molecule has 1 atom stereocenters. The number of alkyl halides is 3. The third-order valence-corrected chi connectivity index (χ3v) is 3.78. The van der Waals surface area contributed by atoms with Crippen LogP contribution in [0.15, 0.2) is 49.1 Å². The number of hydrogen-bond donors (Lipinski definition) is 0. The van der Waals surface area contributed by atoms with Gasteiger partial charge in [-0.25, -0.2) is 4.79 Å². The molecule has 0 spiro atoms. The van der Waals surface area contributed by atoms with Crippen LogP contribution in [0.2, 0.25) is 5.02 Å². The van der Waals surface area contributed by atoms with Crippen LogP contribution in [0.4, 0.5) is 18.9 Å². The number of nitro groups is 1. The molecule has 2 aromatic rings. The highest BCUT2D eigenvalue weighted by atomic mass is 35.5. The molecule has 2 rings (SSSR count). The van der Waals surface area contributed by atoms with Crippen LogP contribution in [0.1, 0.15) is 15.9 Å². The van der Waals surface area contributed by atoms with Gasteiger partial charge in [-0.1, -0.05) is 18.2 Å². The Morgan fingerprint density at radius 2 is 1.93 bits per heavy atom. The summed E-state index contributed by atoms with van der Waals surface area (Å²) in [4.78, 5) is 33.2. The fourth-order valence-electron chi connectivity index (χ4n) is 2.11. The molecule has 0 aromatic heterocycles. The highest BCUT2D eigenvalue weighted by molar-refractivity contribution is 6.32. The maximum absolute atomic E-state index is 12.7. The molecule has 0 fully saturated rings. The van der Waals surface area contributed by atoms with Gasteiger partial charge in [0.05, 0.1) is 15.5 Å². The predicted octanol–water partition coefficient (Wildman–Crippen LogP) is 4.97. The zero-order valence-electron chi connectivity index (χ0n) is 14.3. The maximum Gasteiger partial charge on any atom is 0.416 e. The Kier molecular flexibility index (Phi) is 6.60. The minimum atomic E-state index is -4.60. The van der Waals surface area contributed by atoms with Crippen LogP contribution < -0.4 is 4.74 Å². The van der Waals surface area contributed by atoms with E-state index in [1.54, 1.807) is 0 Å². The highest BCUT2D eigenvalue weighted by Gasteiger charge is 2.31. The first-order valence-electron chi connectivity index (χ1n) is 7.68. The molecule has 11 heteroatoms. The first kappa shape index (κ1) is 21.9. The van der Waals surface area contributed by atoms with Crippen LogP contribution in [-0.4, -0.2) is 23.3 Å². The lowest BCUT2D eigenvalue weighted by atomic mass is 10.1. The number of hydrogen-bond acceptors (Lipinski definition) is 6. The lowest BCUT2D eigenvalue weighted by Gasteiger charge is -2.12. The molecular weight excluding hydrogens is 419 g/mol. The summed E-state index contributed by atoms with van der Waals surface area (Å²) in [6.07, 6.45) is -4.65. The number of carbonyl (C=O) groups is 2. The van der Waals surface area contributed by atoms with Crippen LogP contribution >= 0.6 is 11.6 Å². The lowest BCUT2D eigenvalue weighted by molar-refractivity contribution is -0.385. The second-order valence-electron chi connectivity index (χ2n) is 5.42. The molecule has 152 valence electrons. The van der Waals surface area contributed by atoms with Crippen molar-refractivity contribution in [2.75, 3.05) is 0 Å². The van der Waals surface area contributed by atoms with Crippen molar-refractivity contribution in [3.63, 3.8) is 0 Å². The predicted molar refractivity (Wildman–Crippen MR) is 95.1 cm³/mol. The summed E-state index contributed by atoms with van der Waals surface area (Å²) in [7, 11) is 0. The normalized spacial score (nSPS) is 12.0. The molecule has 0 radical (unpaired) electrons. The Labute approximate surface area is 166 Å². The van der Waals surface area contributed by atoms with Gasteiger partial charge in [-0.15, -0.1) is 0 Å². The van der Waals surface area contributed by atoms with Crippen molar-refractivity contribution >= 4 is 29.5 Å². The smallest absolute Gasteiger partial charge is 0.416 e. The van der Waals surface area contributed by atoms with Gasteiger partial charge in [0.1, 0.15) is 17.1 Å². The van der Waals surface area contributed by atoms with Crippen LogP contribution in [0.25, 0.3) is 0 Å². The SMILES string of the molecule is C=CC(C=O)OC(=O)c1cc(Oc2ccc(C(F)(F)F)cc2Cl)ccc1[N+](=O)[O-]. The summed E-state index contributed by atoms with van der Waals surface area (Å²) in [5.41, 5.74) is -2.16. The van der Waals surface area contributed by atoms with Crippen molar-refractivity contribution in [1.29, 1.82) is 0 Å². The zero-order chi connectivity index (χ0) is 21.8. The third kappa shape index (κ3) is 5.32.